The third kappa shape index (κ3) is 5.60. The number of benzene rings is 4. The molecule has 0 unspecified atom stereocenters. The maximum atomic E-state index is 2.57. The fourth-order valence-electron chi connectivity index (χ4n) is 7.22. The van der Waals surface area contributed by atoms with E-state index in [4.69, 9.17) is 0 Å². The second kappa shape index (κ2) is 11.0. The molecule has 1 fully saturated rings. The molecule has 0 N–H and O–H groups in total. The molecule has 38 heavy (non-hydrogen) atoms. The van der Waals surface area contributed by atoms with Gasteiger partial charge in [-0.25, -0.2) is 0 Å². The van der Waals surface area contributed by atoms with E-state index in [1.807, 2.05) is 0 Å². The van der Waals surface area contributed by atoms with Crippen molar-refractivity contribution in [2.24, 2.45) is 0 Å². The molecule has 1 aliphatic carbocycles. The lowest BCUT2D eigenvalue weighted by atomic mass is 9.95. The van der Waals surface area contributed by atoms with Crippen LogP contribution in [0.1, 0.15) is 67.7 Å². The topological polar surface area (TPSA) is 0 Å². The zero-order valence-electron chi connectivity index (χ0n) is 24.4. The van der Waals surface area contributed by atoms with Gasteiger partial charge < -0.3 is 0 Å². The van der Waals surface area contributed by atoms with Gasteiger partial charge in [-0.05, 0) is 86.9 Å². The van der Waals surface area contributed by atoms with Crippen molar-refractivity contribution in [3.63, 3.8) is 0 Å². The maximum absolute atomic E-state index is 2.57. The molecule has 0 aliphatic heterocycles. The normalized spacial score (nSPS) is 16.8. The van der Waals surface area contributed by atoms with Gasteiger partial charge in [-0.1, -0.05) is 148 Å². The van der Waals surface area contributed by atoms with E-state index in [1.54, 1.807) is 11.8 Å². The lowest BCUT2D eigenvalue weighted by Gasteiger charge is -2.48. The number of rotatable bonds is 6. The lowest BCUT2D eigenvalue weighted by Crippen LogP contribution is -2.34. The van der Waals surface area contributed by atoms with E-state index in [0.717, 1.165) is 0 Å². The van der Waals surface area contributed by atoms with Crippen molar-refractivity contribution in [3.8, 4) is 0 Å². The van der Waals surface area contributed by atoms with E-state index in [-0.39, 0.29) is 7.92 Å². The summed E-state index contributed by atoms with van der Waals surface area (Å²) in [5.41, 5.74) is 0.666. The minimum atomic E-state index is -0.539. The van der Waals surface area contributed by atoms with Crippen molar-refractivity contribution in [3.05, 3.63) is 96.8 Å². The van der Waals surface area contributed by atoms with Crippen LogP contribution in [0.4, 0.5) is 0 Å². The van der Waals surface area contributed by atoms with E-state index in [0.29, 0.717) is 16.0 Å². The molecule has 1 aliphatic rings. The van der Waals surface area contributed by atoms with E-state index in [2.05, 4.69) is 133 Å². The van der Waals surface area contributed by atoms with Crippen molar-refractivity contribution in [1.29, 1.82) is 0 Å². The number of hydrogen-bond acceptors (Lipinski definition) is 0. The van der Waals surface area contributed by atoms with Crippen LogP contribution in [0.2, 0.25) is 0 Å². The predicted octanol–water partition coefficient (Wildman–Crippen LogP) is 10.2. The Bertz CT molecular complexity index is 1290. The highest BCUT2D eigenvalue weighted by Crippen LogP contribution is 2.67. The molecule has 0 amide bonds. The Balaban J connectivity index is 1.59. The van der Waals surface area contributed by atoms with Gasteiger partial charge in [0.05, 0.1) is 0 Å². The average Bonchev–Trinajstić information content (AvgIpc) is 3.33. The second-order valence-electron chi connectivity index (χ2n) is 13.0. The molecular weight excluding hydrogens is 494 g/mol. The largest absolute Gasteiger partial charge is 0.0921 e. The van der Waals surface area contributed by atoms with Gasteiger partial charge in [-0.15, -0.1) is 0 Å². The summed E-state index contributed by atoms with van der Waals surface area (Å²) in [6.07, 6.45) is 5.07. The van der Waals surface area contributed by atoms with Gasteiger partial charge >= 0.3 is 0 Å². The standard InChI is InChI=1S/C36H44P2/c1-26(38(35(2,3)4)36(5,6)7)30-22-12-19-29(30)25-37(33-23-13-17-27-15-8-10-20-31(27)33)34-24-14-18-28-16-9-11-21-32(28)34/h8-11,13-18,20-21,23-24,26H,12,19,22,25H2,1-7H3/t26-/m0/s1. The molecule has 1 atom stereocenters. The molecule has 0 saturated heterocycles. The third-order valence-corrected chi connectivity index (χ3v) is 14.8. The summed E-state index contributed by atoms with van der Waals surface area (Å²) in [4.78, 5) is 0. The summed E-state index contributed by atoms with van der Waals surface area (Å²) in [6.45, 7) is 17.5. The quantitative estimate of drug-likeness (QED) is 0.214. The Labute approximate surface area is 234 Å². The van der Waals surface area contributed by atoms with Gasteiger partial charge in [0.25, 0.3) is 0 Å². The smallest absolute Gasteiger partial charge is 0.00984 e. The number of hydrogen-bond donors (Lipinski definition) is 0. The first-order valence-corrected chi connectivity index (χ1v) is 17.2. The fourth-order valence-corrected chi connectivity index (χ4v) is 15.0. The minimum absolute atomic E-state index is 0.182. The highest BCUT2D eigenvalue weighted by Gasteiger charge is 2.45. The molecule has 0 spiro atoms. The monoisotopic (exact) mass is 538 g/mol. The van der Waals surface area contributed by atoms with E-state index in [1.165, 1.54) is 57.6 Å². The van der Waals surface area contributed by atoms with Crippen molar-refractivity contribution in [2.75, 3.05) is 6.16 Å². The van der Waals surface area contributed by atoms with Crippen LogP contribution >= 0.6 is 15.8 Å². The Morgan fingerprint density at radius 2 is 1.11 bits per heavy atom. The first-order valence-electron chi connectivity index (χ1n) is 14.3. The van der Waals surface area contributed by atoms with Crippen LogP contribution in [0.15, 0.2) is 84.9 Å². The van der Waals surface area contributed by atoms with Gasteiger partial charge in [0, 0.05) is 0 Å². The Kier molecular flexibility index (Phi) is 8.07. The highest BCUT2D eigenvalue weighted by molar-refractivity contribution is 7.74. The fraction of sp³-hybridized carbons (Fsp3) is 0.389. The number of fused-ring (bicyclic) bond motifs is 2. The molecule has 1 saturated carbocycles. The second-order valence-corrected chi connectivity index (χ2v) is 19.3. The molecule has 0 nitrogen and oxygen atoms in total. The van der Waals surface area contributed by atoms with Gasteiger partial charge in [0.2, 0.25) is 0 Å². The summed E-state index contributed by atoms with van der Waals surface area (Å²) >= 11 is 0. The van der Waals surface area contributed by atoms with Gasteiger partial charge in [0.1, 0.15) is 0 Å². The molecule has 2 radical (unpaired) electrons. The van der Waals surface area contributed by atoms with Crippen LogP contribution in [0.3, 0.4) is 0 Å². The molecule has 0 bridgehead atoms. The van der Waals surface area contributed by atoms with Crippen molar-refractivity contribution < 1.29 is 0 Å². The summed E-state index contributed by atoms with van der Waals surface area (Å²) in [5, 5.41) is 9.31. The Morgan fingerprint density at radius 1 is 0.632 bits per heavy atom. The van der Waals surface area contributed by atoms with Gasteiger partial charge in [-0.3, -0.25) is 0 Å². The van der Waals surface area contributed by atoms with Crippen LogP contribution in [-0.4, -0.2) is 22.1 Å². The van der Waals surface area contributed by atoms with Gasteiger partial charge in [0.15, 0.2) is 0 Å². The van der Waals surface area contributed by atoms with E-state index < -0.39 is 7.92 Å². The molecule has 198 valence electrons. The van der Waals surface area contributed by atoms with Crippen LogP contribution in [0.5, 0.6) is 0 Å². The summed E-state index contributed by atoms with van der Waals surface area (Å²) in [7, 11) is -0.721. The summed E-state index contributed by atoms with van der Waals surface area (Å²) < 4.78 is 0. The maximum Gasteiger partial charge on any atom is -0.00984 e. The van der Waals surface area contributed by atoms with Crippen LogP contribution in [-0.2, 0) is 0 Å². The van der Waals surface area contributed by atoms with Crippen molar-refractivity contribution in [2.45, 2.75) is 83.7 Å². The Morgan fingerprint density at radius 3 is 1.61 bits per heavy atom. The molecule has 0 aromatic heterocycles. The van der Waals surface area contributed by atoms with Crippen molar-refractivity contribution >= 4 is 48.0 Å². The van der Waals surface area contributed by atoms with E-state index in [9.17, 15) is 0 Å². The molecule has 2 heteroatoms. The lowest BCUT2D eigenvalue weighted by molar-refractivity contribution is 0.679. The zero-order chi connectivity index (χ0) is 27.1. The highest BCUT2D eigenvalue weighted by atomic mass is 31.1. The Hall–Kier alpha value is -1.74. The summed E-state index contributed by atoms with van der Waals surface area (Å²) in [6, 6.07) is 32.0. The molecule has 4 aromatic rings. The van der Waals surface area contributed by atoms with E-state index >= 15 is 0 Å². The molecule has 0 heterocycles. The molecule has 4 aromatic carbocycles. The molecular formula is C36H44P2. The summed E-state index contributed by atoms with van der Waals surface area (Å²) in [5.74, 6) is 3.57. The van der Waals surface area contributed by atoms with Crippen LogP contribution in [0.25, 0.3) is 21.5 Å². The minimum Gasteiger partial charge on any atom is -0.0921 e. The SMILES string of the molecule is C[C@@H]([C]1CCC[C]1CP(c1cccc2ccccc12)c1cccc2ccccc12)P(C(C)(C)C)C(C)(C)C. The first kappa shape index (κ1) is 27.8. The third-order valence-electron chi connectivity index (χ3n) is 8.18. The first-order chi connectivity index (χ1) is 18.1. The van der Waals surface area contributed by atoms with Crippen LogP contribution in [0, 0.1) is 11.8 Å². The predicted molar refractivity (Wildman–Crippen MR) is 175 cm³/mol. The van der Waals surface area contributed by atoms with Crippen molar-refractivity contribution in [1.82, 2.24) is 0 Å². The van der Waals surface area contributed by atoms with Gasteiger partial charge in [-0.2, -0.15) is 0 Å². The molecule has 5 rings (SSSR count). The van der Waals surface area contributed by atoms with Crippen LogP contribution < -0.4 is 10.6 Å². The average molecular weight is 539 g/mol. The zero-order valence-corrected chi connectivity index (χ0v) is 26.2.